The summed E-state index contributed by atoms with van der Waals surface area (Å²) in [6.07, 6.45) is 3.71. The molecule has 0 saturated carbocycles. The van der Waals surface area contributed by atoms with Crippen LogP contribution in [0.5, 0.6) is 0 Å². The average molecular weight is 226 g/mol. The molecule has 0 radical (unpaired) electrons. The molecule has 4 heteroatoms. The normalized spacial score (nSPS) is 17.0. The number of nitrogens with zero attached hydrogens (tertiary/aromatic N) is 1. The Kier molecular flexibility index (Phi) is 4.35. The summed E-state index contributed by atoms with van der Waals surface area (Å²) in [5.41, 5.74) is 6.32. The molecule has 1 amide bonds. The van der Waals surface area contributed by atoms with Crippen LogP contribution in [-0.4, -0.2) is 36.2 Å². The van der Waals surface area contributed by atoms with Gasteiger partial charge < -0.3 is 15.4 Å². The molecule has 4 nitrogen and oxygen atoms in total. The van der Waals surface area contributed by atoms with Crippen LogP contribution in [0.3, 0.4) is 0 Å². The monoisotopic (exact) mass is 226 g/mol. The minimum atomic E-state index is -0.424. The number of amides is 1. The molecule has 0 fully saturated rings. The molecule has 0 aromatic carbocycles. The summed E-state index contributed by atoms with van der Waals surface area (Å²) in [6, 6.07) is 0. The van der Waals surface area contributed by atoms with Crippen molar-refractivity contribution >= 4 is 6.09 Å². The van der Waals surface area contributed by atoms with E-state index in [0.717, 1.165) is 19.4 Å². The molecule has 0 saturated heterocycles. The summed E-state index contributed by atoms with van der Waals surface area (Å²) in [5, 5.41) is 0. The number of carbonyl (C=O) groups excluding carboxylic acids is 1. The molecule has 0 aliphatic carbocycles. The molecule has 0 unspecified atom stereocenters. The Labute approximate surface area is 97.4 Å². The van der Waals surface area contributed by atoms with Crippen molar-refractivity contribution in [1.29, 1.82) is 0 Å². The van der Waals surface area contributed by atoms with Crippen LogP contribution in [0.25, 0.3) is 0 Å². The topological polar surface area (TPSA) is 55.6 Å². The molecule has 0 atom stereocenters. The molecule has 0 aromatic rings. The highest BCUT2D eigenvalue weighted by Gasteiger charge is 2.23. The zero-order valence-electron chi connectivity index (χ0n) is 10.5. The molecule has 1 heterocycles. The lowest BCUT2D eigenvalue weighted by molar-refractivity contribution is 0.0261. The largest absolute Gasteiger partial charge is 0.444 e. The van der Waals surface area contributed by atoms with Gasteiger partial charge >= 0.3 is 6.09 Å². The summed E-state index contributed by atoms with van der Waals surface area (Å²) in [7, 11) is 0. The second-order valence-corrected chi connectivity index (χ2v) is 5.09. The third-order valence-electron chi connectivity index (χ3n) is 2.34. The number of rotatable bonds is 2. The van der Waals surface area contributed by atoms with Gasteiger partial charge in [0, 0.05) is 13.1 Å². The summed E-state index contributed by atoms with van der Waals surface area (Å²) in [4.78, 5) is 13.6. The Morgan fingerprint density at radius 2 is 2.25 bits per heavy atom. The van der Waals surface area contributed by atoms with Crippen molar-refractivity contribution in [1.82, 2.24) is 4.90 Å². The number of nitrogens with two attached hydrogens (primary N) is 1. The minimum absolute atomic E-state index is 0.227. The van der Waals surface area contributed by atoms with Gasteiger partial charge in [-0.15, -0.1) is 0 Å². The Morgan fingerprint density at radius 1 is 1.56 bits per heavy atom. The van der Waals surface area contributed by atoms with Gasteiger partial charge in [0.15, 0.2) is 0 Å². The van der Waals surface area contributed by atoms with E-state index in [0.29, 0.717) is 13.1 Å². The van der Waals surface area contributed by atoms with Gasteiger partial charge in [-0.1, -0.05) is 11.6 Å². The second-order valence-electron chi connectivity index (χ2n) is 5.09. The van der Waals surface area contributed by atoms with Gasteiger partial charge in [-0.3, -0.25) is 0 Å². The summed E-state index contributed by atoms with van der Waals surface area (Å²) in [6.45, 7) is 7.67. The lowest BCUT2D eigenvalue weighted by Crippen LogP contribution is -2.40. The lowest BCUT2D eigenvalue weighted by Gasteiger charge is -2.30. The molecule has 0 spiro atoms. The SMILES string of the molecule is CC(C)(C)OC(=O)N1CCC=C(CCN)C1. The molecule has 1 rings (SSSR count). The maximum absolute atomic E-state index is 11.8. The van der Waals surface area contributed by atoms with Gasteiger partial charge in [0.2, 0.25) is 0 Å². The first-order valence-corrected chi connectivity index (χ1v) is 5.78. The minimum Gasteiger partial charge on any atom is -0.444 e. The van der Waals surface area contributed by atoms with Crippen LogP contribution in [0.15, 0.2) is 11.6 Å². The van der Waals surface area contributed by atoms with E-state index in [1.165, 1.54) is 5.57 Å². The summed E-state index contributed by atoms with van der Waals surface area (Å²) >= 11 is 0. The zero-order chi connectivity index (χ0) is 12.2. The molecule has 16 heavy (non-hydrogen) atoms. The second kappa shape index (κ2) is 5.34. The first-order chi connectivity index (χ1) is 7.42. The first kappa shape index (κ1) is 13.0. The molecule has 1 aliphatic heterocycles. The molecule has 2 N–H and O–H groups in total. The van der Waals surface area contributed by atoms with Crippen LogP contribution in [0.2, 0.25) is 0 Å². The molecule has 0 aromatic heterocycles. The van der Waals surface area contributed by atoms with E-state index in [-0.39, 0.29) is 6.09 Å². The van der Waals surface area contributed by atoms with E-state index in [9.17, 15) is 4.79 Å². The van der Waals surface area contributed by atoms with Crippen LogP contribution < -0.4 is 5.73 Å². The molecular formula is C12H22N2O2. The van der Waals surface area contributed by atoms with Crippen molar-refractivity contribution in [2.45, 2.75) is 39.2 Å². The highest BCUT2D eigenvalue weighted by molar-refractivity contribution is 5.68. The number of hydrogen-bond donors (Lipinski definition) is 1. The van der Waals surface area contributed by atoms with Crippen LogP contribution in [0.1, 0.15) is 33.6 Å². The maximum Gasteiger partial charge on any atom is 0.410 e. The standard InChI is InChI=1S/C12H22N2O2/c1-12(2,3)16-11(15)14-8-4-5-10(9-14)6-7-13/h5H,4,6-9,13H2,1-3H3. The van der Waals surface area contributed by atoms with Crippen LogP contribution >= 0.6 is 0 Å². The Bertz CT molecular complexity index is 279. The molecule has 92 valence electrons. The molecule has 1 aliphatic rings. The zero-order valence-corrected chi connectivity index (χ0v) is 10.5. The number of ether oxygens (including phenoxy) is 1. The Balaban J connectivity index is 2.50. The summed E-state index contributed by atoms with van der Waals surface area (Å²) in [5.74, 6) is 0. The fourth-order valence-corrected chi connectivity index (χ4v) is 1.66. The van der Waals surface area contributed by atoms with Crippen LogP contribution in [0.4, 0.5) is 4.79 Å². The van der Waals surface area contributed by atoms with Gasteiger partial charge in [0.1, 0.15) is 5.60 Å². The molecular weight excluding hydrogens is 204 g/mol. The van der Waals surface area contributed by atoms with Crippen molar-refractivity contribution < 1.29 is 9.53 Å². The van der Waals surface area contributed by atoms with Gasteiger partial charge in [0.05, 0.1) is 0 Å². The number of hydrogen-bond acceptors (Lipinski definition) is 3. The van der Waals surface area contributed by atoms with E-state index in [1.54, 1.807) is 4.90 Å². The predicted octanol–water partition coefficient (Wildman–Crippen LogP) is 1.90. The Morgan fingerprint density at radius 3 is 2.81 bits per heavy atom. The Hall–Kier alpha value is -1.03. The van der Waals surface area contributed by atoms with E-state index >= 15 is 0 Å². The van der Waals surface area contributed by atoms with Gasteiger partial charge in [-0.05, 0) is 40.2 Å². The number of carbonyl (C=O) groups is 1. The molecule has 0 bridgehead atoms. The van der Waals surface area contributed by atoms with Crippen LogP contribution in [0, 0.1) is 0 Å². The van der Waals surface area contributed by atoms with Crippen molar-refractivity contribution in [2.75, 3.05) is 19.6 Å². The van der Waals surface area contributed by atoms with Crippen molar-refractivity contribution in [3.05, 3.63) is 11.6 Å². The van der Waals surface area contributed by atoms with Gasteiger partial charge in [0.25, 0.3) is 0 Å². The summed E-state index contributed by atoms with van der Waals surface area (Å²) < 4.78 is 5.33. The fourth-order valence-electron chi connectivity index (χ4n) is 1.66. The van der Waals surface area contributed by atoms with E-state index in [1.807, 2.05) is 20.8 Å². The maximum atomic E-state index is 11.8. The van der Waals surface area contributed by atoms with Gasteiger partial charge in [-0.2, -0.15) is 0 Å². The lowest BCUT2D eigenvalue weighted by atomic mass is 10.1. The quantitative estimate of drug-likeness (QED) is 0.732. The van der Waals surface area contributed by atoms with E-state index in [2.05, 4.69) is 6.08 Å². The van der Waals surface area contributed by atoms with Gasteiger partial charge in [-0.25, -0.2) is 4.79 Å². The van der Waals surface area contributed by atoms with Crippen LogP contribution in [-0.2, 0) is 4.74 Å². The highest BCUT2D eigenvalue weighted by atomic mass is 16.6. The third-order valence-corrected chi connectivity index (χ3v) is 2.34. The van der Waals surface area contributed by atoms with Crippen molar-refractivity contribution in [3.8, 4) is 0 Å². The van der Waals surface area contributed by atoms with Crippen molar-refractivity contribution in [3.63, 3.8) is 0 Å². The van der Waals surface area contributed by atoms with E-state index in [4.69, 9.17) is 10.5 Å². The highest BCUT2D eigenvalue weighted by Crippen LogP contribution is 2.16. The average Bonchev–Trinajstić information content (AvgIpc) is 2.16. The van der Waals surface area contributed by atoms with E-state index < -0.39 is 5.60 Å². The predicted molar refractivity (Wildman–Crippen MR) is 64.2 cm³/mol. The third kappa shape index (κ3) is 4.23. The smallest absolute Gasteiger partial charge is 0.410 e. The first-order valence-electron chi connectivity index (χ1n) is 5.78. The van der Waals surface area contributed by atoms with Crippen molar-refractivity contribution in [2.24, 2.45) is 5.73 Å². The fraction of sp³-hybridized carbons (Fsp3) is 0.750.